The number of hydrogen-bond donors (Lipinski definition) is 1. The van der Waals surface area contributed by atoms with Gasteiger partial charge in [-0.15, -0.1) is 0 Å². The van der Waals surface area contributed by atoms with E-state index in [4.69, 9.17) is 10.5 Å². The molecule has 0 bridgehead atoms. The summed E-state index contributed by atoms with van der Waals surface area (Å²) < 4.78 is 18.7. The van der Waals surface area contributed by atoms with E-state index in [2.05, 4.69) is 20.9 Å². The highest BCUT2D eigenvalue weighted by Crippen LogP contribution is 2.28. The second kappa shape index (κ2) is 4.49. The minimum atomic E-state index is -0.309. The molecule has 1 aromatic carbocycles. The van der Waals surface area contributed by atoms with Gasteiger partial charge in [-0.25, -0.2) is 9.37 Å². The molecule has 5 heteroatoms. The van der Waals surface area contributed by atoms with Crippen LogP contribution in [0.3, 0.4) is 0 Å². The van der Waals surface area contributed by atoms with E-state index in [1.807, 2.05) is 0 Å². The van der Waals surface area contributed by atoms with Crippen molar-refractivity contribution in [3.8, 4) is 11.6 Å². The quantitative estimate of drug-likeness (QED) is 0.919. The molecule has 2 aromatic rings. The Kier molecular flexibility index (Phi) is 3.05. The molecule has 0 fully saturated rings. The number of pyridine rings is 1. The third-order valence-corrected chi connectivity index (χ3v) is 2.42. The first-order valence-corrected chi connectivity index (χ1v) is 5.29. The Morgan fingerprint density at radius 3 is 2.56 bits per heavy atom. The number of nitrogens with zero attached hydrogens (tertiary/aromatic N) is 1. The van der Waals surface area contributed by atoms with Gasteiger partial charge in [0.05, 0.1) is 16.4 Å². The molecule has 1 aromatic heterocycles. The fraction of sp³-hybridized carbons (Fsp3) is 0. The smallest absolute Gasteiger partial charge is 0.233 e. The van der Waals surface area contributed by atoms with Gasteiger partial charge < -0.3 is 10.5 Å². The van der Waals surface area contributed by atoms with Gasteiger partial charge in [-0.2, -0.15) is 0 Å². The van der Waals surface area contributed by atoms with Gasteiger partial charge in [0.25, 0.3) is 0 Å². The molecule has 0 saturated heterocycles. The summed E-state index contributed by atoms with van der Waals surface area (Å²) in [6, 6.07) is 7.38. The molecule has 0 radical (unpaired) electrons. The molecule has 82 valence electrons. The number of halogens is 2. The maximum atomic E-state index is 12.7. The second-order valence-electron chi connectivity index (χ2n) is 3.11. The summed E-state index contributed by atoms with van der Waals surface area (Å²) >= 11 is 3.28. The predicted molar refractivity (Wildman–Crippen MR) is 62.8 cm³/mol. The van der Waals surface area contributed by atoms with Crippen molar-refractivity contribution in [3.63, 3.8) is 0 Å². The Bertz CT molecular complexity index is 502. The van der Waals surface area contributed by atoms with Crippen LogP contribution in [0.1, 0.15) is 0 Å². The third-order valence-electron chi connectivity index (χ3n) is 1.86. The Balaban J connectivity index is 2.23. The van der Waals surface area contributed by atoms with E-state index >= 15 is 0 Å². The summed E-state index contributed by atoms with van der Waals surface area (Å²) in [6.07, 6.45) is 1.49. The second-order valence-corrected chi connectivity index (χ2v) is 3.97. The van der Waals surface area contributed by atoms with Gasteiger partial charge in [-0.3, -0.25) is 0 Å². The zero-order chi connectivity index (χ0) is 11.5. The molecule has 0 unspecified atom stereocenters. The van der Waals surface area contributed by atoms with Crippen molar-refractivity contribution in [1.82, 2.24) is 4.98 Å². The number of hydrogen-bond acceptors (Lipinski definition) is 3. The van der Waals surface area contributed by atoms with E-state index in [1.54, 1.807) is 6.07 Å². The lowest BCUT2D eigenvalue weighted by molar-refractivity contribution is 0.458. The van der Waals surface area contributed by atoms with E-state index in [0.29, 0.717) is 21.8 Å². The lowest BCUT2D eigenvalue weighted by atomic mass is 10.3. The van der Waals surface area contributed by atoms with Crippen molar-refractivity contribution in [2.75, 3.05) is 5.73 Å². The molecule has 1 heterocycles. The van der Waals surface area contributed by atoms with Crippen LogP contribution in [0, 0.1) is 5.82 Å². The number of aromatic nitrogens is 1. The van der Waals surface area contributed by atoms with Crippen LogP contribution in [0.5, 0.6) is 11.6 Å². The van der Waals surface area contributed by atoms with E-state index in [9.17, 15) is 4.39 Å². The highest BCUT2D eigenvalue weighted by molar-refractivity contribution is 9.10. The minimum Gasteiger partial charge on any atom is -0.438 e. The molecule has 0 aliphatic rings. The summed E-state index contributed by atoms with van der Waals surface area (Å²) in [5.41, 5.74) is 6.08. The fourth-order valence-corrected chi connectivity index (χ4v) is 1.58. The first kappa shape index (κ1) is 10.9. The number of rotatable bonds is 2. The highest BCUT2D eigenvalue weighted by atomic mass is 79.9. The van der Waals surface area contributed by atoms with Crippen LogP contribution in [-0.2, 0) is 0 Å². The largest absolute Gasteiger partial charge is 0.438 e. The highest BCUT2D eigenvalue weighted by Gasteiger charge is 2.04. The van der Waals surface area contributed by atoms with Gasteiger partial charge in [-0.05, 0) is 46.3 Å². The Morgan fingerprint density at radius 2 is 1.94 bits per heavy atom. The zero-order valence-corrected chi connectivity index (χ0v) is 9.74. The molecule has 2 N–H and O–H groups in total. The summed E-state index contributed by atoms with van der Waals surface area (Å²) in [5, 5.41) is 0. The summed E-state index contributed by atoms with van der Waals surface area (Å²) in [6.45, 7) is 0. The first-order valence-electron chi connectivity index (χ1n) is 4.49. The first-order chi connectivity index (χ1) is 7.65. The number of nitrogen functional groups attached to an aromatic ring is 1. The van der Waals surface area contributed by atoms with E-state index < -0.39 is 0 Å². The number of nitrogens with two attached hydrogens (primary N) is 1. The SMILES string of the molecule is Nc1cnc(Oc2ccc(F)cc2)c(Br)c1. The molecular formula is C11H8BrFN2O. The Labute approximate surface area is 100 Å². The molecule has 0 atom stereocenters. The normalized spacial score (nSPS) is 10.1. The average Bonchev–Trinajstić information content (AvgIpc) is 2.25. The molecule has 0 saturated carbocycles. The molecule has 16 heavy (non-hydrogen) atoms. The predicted octanol–water partition coefficient (Wildman–Crippen LogP) is 3.36. The summed E-state index contributed by atoms with van der Waals surface area (Å²) in [5.74, 6) is 0.594. The van der Waals surface area contributed by atoms with Crippen molar-refractivity contribution in [2.24, 2.45) is 0 Å². The molecule has 2 rings (SSSR count). The average molecular weight is 283 g/mol. The van der Waals surface area contributed by atoms with Gasteiger partial charge >= 0.3 is 0 Å². The maximum Gasteiger partial charge on any atom is 0.233 e. The maximum absolute atomic E-state index is 12.7. The third kappa shape index (κ3) is 2.49. The Morgan fingerprint density at radius 1 is 1.25 bits per heavy atom. The van der Waals surface area contributed by atoms with E-state index in [-0.39, 0.29) is 5.82 Å². The van der Waals surface area contributed by atoms with Gasteiger partial charge in [0.15, 0.2) is 0 Å². The molecule has 0 amide bonds. The molecule has 0 aliphatic heterocycles. The lowest BCUT2D eigenvalue weighted by Gasteiger charge is -2.06. The molecule has 0 aliphatic carbocycles. The van der Waals surface area contributed by atoms with Crippen molar-refractivity contribution in [2.45, 2.75) is 0 Å². The lowest BCUT2D eigenvalue weighted by Crippen LogP contribution is -1.92. The van der Waals surface area contributed by atoms with Crippen LogP contribution in [-0.4, -0.2) is 4.98 Å². The number of benzene rings is 1. The van der Waals surface area contributed by atoms with Crippen molar-refractivity contribution in [3.05, 3.63) is 46.8 Å². The van der Waals surface area contributed by atoms with Crippen LogP contribution >= 0.6 is 15.9 Å². The monoisotopic (exact) mass is 282 g/mol. The van der Waals surface area contributed by atoms with Gasteiger partial charge in [0.2, 0.25) is 5.88 Å². The standard InChI is InChI=1S/C11H8BrFN2O/c12-10-5-8(14)6-15-11(10)16-9-3-1-7(13)2-4-9/h1-6H,14H2. The van der Waals surface area contributed by atoms with E-state index in [1.165, 1.54) is 30.5 Å². The fourth-order valence-electron chi connectivity index (χ4n) is 1.13. The molecular weight excluding hydrogens is 275 g/mol. The molecule has 3 nitrogen and oxygen atoms in total. The zero-order valence-electron chi connectivity index (χ0n) is 8.15. The minimum absolute atomic E-state index is 0.309. The number of anilines is 1. The Hall–Kier alpha value is -1.62. The van der Waals surface area contributed by atoms with Crippen LogP contribution < -0.4 is 10.5 Å². The van der Waals surface area contributed by atoms with Gasteiger partial charge in [-0.1, -0.05) is 0 Å². The number of ether oxygens (including phenoxy) is 1. The van der Waals surface area contributed by atoms with Crippen molar-refractivity contribution >= 4 is 21.6 Å². The van der Waals surface area contributed by atoms with Crippen LogP contribution in [0.2, 0.25) is 0 Å². The summed E-state index contributed by atoms with van der Waals surface area (Å²) in [4.78, 5) is 4.01. The van der Waals surface area contributed by atoms with Crippen LogP contribution in [0.15, 0.2) is 41.0 Å². The van der Waals surface area contributed by atoms with Crippen molar-refractivity contribution < 1.29 is 9.13 Å². The topological polar surface area (TPSA) is 48.1 Å². The van der Waals surface area contributed by atoms with Gasteiger partial charge in [0.1, 0.15) is 11.6 Å². The van der Waals surface area contributed by atoms with Gasteiger partial charge in [0, 0.05) is 0 Å². The van der Waals surface area contributed by atoms with Crippen molar-refractivity contribution in [1.29, 1.82) is 0 Å². The molecule has 0 spiro atoms. The van der Waals surface area contributed by atoms with E-state index in [0.717, 1.165) is 0 Å². The van der Waals surface area contributed by atoms with Crippen LogP contribution in [0.25, 0.3) is 0 Å². The van der Waals surface area contributed by atoms with Crippen LogP contribution in [0.4, 0.5) is 10.1 Å². The summed E-state index contributed by atoms with van der Waals surface area (Å²) in [7, 11) is 0.